The molecular weight excluding hydrogens is 333 g/mol. The van der Waals surface area contributed by atoms with Crippen molar-refractivity contribution in [2.45, 2.75) is 25.3 Å². The lowest BCUT2D eigenvalue weighted by molar-refractivity contribution is -0.137. The van der Waals surface area contributed by atoms with Gasteiger partial charge in [-0.3, -0.25) is 9.59 Å². The smallest absolute Gasteiger partial charge is 0.228 e. The summed E-state index contributed by atoms with van der Waals surface area (Å²) in [6.07, 6.45) is 2.19. The molecule has 2 atom stereocenters. The standard InChI is InChI=1S/C17H22FN3O2.ClH/c1-19-13-5-4-8-20(11-13)17(23)12-9-16(22)21(10-12)15-7-3-2-6-14(15)18;/h2-3,6-7,12-13,19H,4-5,8-11H2,1H3;1H. The number of hydrogen-bond acceptors (Lipinski definition) is 3. The Kier molecular flexibility index (Phi) is 6.18. The number of hydrogen-bond donors (Lipinski definition) is 1. The zero-order valence-electron chi connectivity index (χ0n) is 13.7. The highest BCUT2D eigenvalue weighted by Crippen LogP contribution is 2.28. The van der Waals surface area contributed by atoms with E-state index in [4.69, 9.17) is 0 Å². The molecule has 1 aromatic rings. The molecule has 24 heavy (non-hydrogen) atoms. The number of nitrogens with zero attached hydrogens (tertiary/aromatic N) is 2. The highest BCUT2D eigenvalue weighted by atomic mass is 35.5. The Morgan fingerprint density at radius 3 is 2.75 bits per heavy atom. The third-order valence-corrected chi connectivity index (χ3v) is 4.76. The van der Waals surface area contributed by atoms with Gasteiger partial charge in [-0.15, -0.1) is 12.4 Å². The maximum atomic E-state index is 13.9. The molecule has 1 aromatic carbocycles. The van der Waals surface area contributed by atoms with Crippen molar-refractivity contribution < 1.29 is 14.0 Å². The van der Waals surface area contributed by atoms with Crippen LogP contribution in [0, 0.1) is 11.7 Å². The van der Waals surface area contributed by atoms with Crippen molar-refractivity contribution in [1.82, 2.24) is 10.2 Å². The van der Waals surface area contributed by atoms with Gasteiger partial charge >= 0.3 is 0 Å². The van der Waals surface area contributed by atoms with Crippen LogP contribution in [0.2, 0.25) is 0 Å². The van der Waals surface area contributed by atoms with E-state index in [1.54, 1.807) is 18.2 Å². The Morgan fingerprint density at radius 1 is 1.29 bits per heavy atom. The van der Waals surface area contributed by atoms with Crippen LogP contribution >= 0.6 is 12.4 Å². The number of nitrogens with one attached hydrogen (secondary N) is 1. The van der Waals surface area contributed by atoms with Gasteiger partial charge in [0.25, 0.3) is 0 Å². The van der Waals surface area contributed by atoms with E-state index in [1.165, 1.54) is 11.0 Å². The predicted octanol–water partition coefficient (Wildman–Crippen LogP) is 1.81. The van der Waals surface area contributed by atoms with Crippen LogP contribution in [0.3, 0.4) is 0 Å². The summed E-state index contributed by atoms with van der Waals surface area (Å²) in [6, 6.07) is 6.52. The van der Waals surface area contributed by atoms with Crippen LogP contribution in [0.1, 0.15) is 19.3 Å². The molecule has 0 radical (unpaired) electrons. The second kappa shape index (κ2) is 7.94. The van der Waals surface area contributed by atoms with Crippen LogP contribution in [0.4, 0.5) is 10.1 Å². The molecule has 0 spiro atoms. The molecule has 2 aliphatic heterocycles. The molecule has 0 aromatic heterocycles. The lowest BCUT2D eigenvalue weighted by Crippen LogP contribution is -2.49. The molecule has 2 heterocycles. The summed E-state index contributed by atoms with van der Waals surface area (Å²) in [5.74, 6) is -0.979. The monoisotopic (exact) mass is 355 g/mol. The van der Waals surface area contributed by atoms with Gasteiger partial charge in [0.1, 0.15) is 5.82 Å². The van der Waals surface area contributed by atoms with Gasteiger partial charge in [0.2, 0.25) is 11.8 Å². The van der Waals surface area contributed by atoms with Crippen molar-refractivity contribution in [2.75, 3.05) is 31.6 Å². The first-order chi connectivity index (χ1) is 11.1. The molecule has 2 aliphatic rings. The Morgan fingerprint density at radius 2 is 2.04 bits per heavy atom. The van der Waals surface area contributed by atoms with E-state index in [9.17, 15) is 14.0 Å². The summed E-state index contributed by atoms with van der Waals surface area (Å²) in [6.45, 7) is 1.68. The average molecular weight is 356 g/mol. The van der Waals surface area contributed by atoms with E-state index in [2.05, 4.69) is 5.32 Å². The van der Waals surface area contributed by atoms with Crippen molar-refractivity contribution in [3.63, 3.8) is 0 Å². The van der Waals surface area contributed by atoms with Gasteiger partial charge in [-0.2, -0.15) is 0 Å². The second-order valence-corrected chi connectivity index (χ2v) is 6.27. The Labute approximate surface area is 147 Å². The minimum atomic E-state index is -0.429. The van der Waals surface area contributed by atoms with Crippen LogP contribution in [0.5, 0.6) is 0 Å². The van der Waals surface area contributed by atoms with Crippen LogP contribution < -0.4 is 10.2 Å². The van der Waals surface area contributed by atoms with Gasteiger partial charge in [-0.25, -0.2) is 4.39 Å². The molecule has 2 saturated heterocycles. The normalized spacial score (nSPS) is 24.0. The third-order valence-electron chi connectivity index (χ3n) is 4.76. The summed E-state index contributed by atoms with van der Waals surface area (Å²) < 4.78 is 13.9. The molecule has 132 valence electrons. The first-order valence-electron chi connectivity index (χ1n) is 8.11. The fraction of sp³-hybridized carbons (Fsp3) is 0.529. The van der Waals surface area contributed by atoms with E-state index in [-0.39, 0.29) is 48.8 Å². The molecule has 0 bridgehead atoms. The summed E-state index contributed by atoms with van der Waals surface area (Å²) in [4.78, 5) is 28.2. The van der Waals surface area contributed by atoms with E-state index in [1.807, 2.05) is 11.9 Å². The first kappa shape index (κ1) is 18.7. The van der Waals surface area contributed by atoms with E-state index >= 15 is 0 Å². The molecule has 2 amide bonds. The minimum absolute atomic E-state index is 0. The molecule has 1 N–H and O–H groups in total. The van der Waals surface area contributed by atoms with Gasteiger partial charge in [0, 0.05) is 32.1 Å². The van der Waals surface area contributed by atoms with E-state index < -0.39 is 5.82 Å². The number of piperidine rings is 1. The van der Waals surface area contributed by atoms with Crippen LogP contribution in [-0.4, -0.2) is 49.4 Å². The first-order valence-corrected chi connectivity index (χ1v) is 8.11. The molecular formula is C17H23ClFN3O2. The fourth-order valence-electron chi connectivity index (χ4n) is 3.45. The van der Waals surface area contributed by atoms with Gasteiger partial charge < -0.3 is 15.1 Å². The number of carbonyl (C=O) groups is 2. The quantitative estimate of drug-likeness (QED) is 0.899. The third kappa shape index (κ3) is 3.70. The molecule has 7 heteroatoms. The van der Waals surface area contributed by atoms with Gasteiger partial charge in [-0.05, 0) is 32.0 Å². The Hall–Kier alpha value is -1.66. The average Bonchev–Trinajstić information content (AvgIpc) is 2.96. The summed E-state index contributed by atoms with van der Waals surface area (Å²) in [5, 5.41) is 3.21. The fourth-order valence-corrected chi connectivity index (χ4v) is 3.45. The zero-order chi connectivity index (χ0) is 16.4. The number of para-hydroxylation sites is 1. The summed E-state index contributed by atoms with van der Waals surface area (Å²) >= 11 is 0. The molecule has 2 fully saturated rings. The maximum absolute atomic E-state index is 13.9. The lowest BCUT2D eigenvalue weighted by Gasteiger charge is -2.34. The topological polar surface area (TPSA) is 52.7 Å². The van der Waals surface area contributed by atoms with Crippen molar-refractivity contribution in [2.24, 2.45) is 5.92 Å². The van der Waals surface area contributed by atoms with Crippen molar-refractivity contribution >= 4 is 29.9 Å². The Bertz CT molecular complexity index is 613. The summed E-state index contributed by atoms with van der Waals surface area (Å²) in [7, 11) is 1.90. The number of anilines is 1. The van der Waals surface area contributed by atoms with Gasteiger partial charge in [0.15, 0.2) is 0 Å². The molecule has 0 saturated carbocycles. The van der Waals surface area contributed by atoms with E-state index in [0.29, 0.717) is 12.6 Å². The number of benzene rings is 1. The number of likely N-dealkylation sites (N-methyl/N-ethyl adjacent to an activating group) is 1. The maximum Gasteiger partial charge on any atom is 0.228 e. The van der Waals surface area contributed by atoms with Crippen LogP contribution in [0.15, 0.2) is 24.3 Å². The van der Waals surface area contributed by atoms with Crippen LogP contribution in [-0.2, 0) is 9.59 Å². The highest BCUT2D eigenvalue weighted by molar-refractivity contribution is 6.00. The van der Waals surface area contributed by atoms with Crippen molar-refractivity contribution in [3.8, 4) is 0 Å². The Balaban J connectivity index is 0.00000208. The zero-order valence-corrected chi connectivity index (χ0v) is 14.5. The van der Waals surface area contributed by atoms with Crippen molar-refractivity contribution in [3.05, 3.63) is 30.1 Å². The largest absolute Gasteiger partial charge is 0.341 e. The molecule has 3 rings (SSSR count). The highest BCUT2D eigenvalue weighted by Gasteiger charge is 2.38. The number of amides is 2. The lowest BCUT2D eigenvalue weighted by atomic mass is 10.0. The second-order valence-electron chi connectivity index (χ2n) is 6.27. The molecule has 0 aliphatic carbocycles. The minimum Gasteiger partial charge on any atom is -0.341 e. The number of rotatable bonds is 3. The van der Waals surface area contributed by atoms with Gasteiger partial charge in [0.05, 0.1) is 11.6 Å². The number of likely N-dealkylation sites (tertiary alicyclic amines) is 1. The van der Waals surface area contributed by atoms with Crippen molar-refractivity contribution in [1.29, 1.82) is 0 Å². The number of carbonyl (C=O) groups excluding carboxylic acids is 2. The SMILES string of the molecule is CNC1CCCN(C(=O)C2CC(=O)N(c3ccccc3F)C2)C1.Cl. The van der Waals surface area contributed by atoms with Gasteiger partial charge in [-0.1, -0.05) is 12.1 Å². The predicted molar refractivity (Wildman–Crippen MR) is 92.8 cm³/mol. The van der Waals surface area contributed by atoms with Crippen LogP contribution in [0.25, 0.3) is 0 Å². The molecule has 2 unspecified atom stereocenters. The summed E-state index contributed by atoms with van der Waals surface area (Å²) in [5.41, 5.74) is 0.263. The van der Waals surface area contributed by atoms with E-state index in [0.717, 1.165) is 19.4 Å². The number of halogens is 2. The molecule has 5 nitrogen and oxygen atoms in total.